The zero-order valence-electron chi connectivity index (χ0n) is 16.3. The van der Waals surface area contributed by atoms with Crippen LogP contribution in [0.25, 0.3) is 0 Å². The molecule has 0 aliphatic heterocycles. The lowest BCUT2D eigenvalue weighted by Gasteiger charge is -2.69. The summed E-state index contributed by atoms with van der Waals surface area (Å²) in [6, 6.07) is 1.90. The maximum Gasteiger partial charge on any atom is 0.310 e. The molecule has 0 bridgehead atoms. The molecule has 3 N–H and O–H groups in total. The van der Waals surface area contributed by atoms with Crippen LogP contribution in [0.2, 0.25) is 0 Å². The Bertz CT molecular complexity index is 670. The van der Waals surface area contributed by atoms with Gasteiger partial charge in [-0.15, -0.1) is 0 Å². The van der Waals surface area contributed by atoms with Gasteiger partial charge in [-0.05, 0) is 56.6 Å². The van der Waals surface area contributed by atoms with E-state index in [1.807, 2.05) is 26.8 Å². The number of hydrogen-bond donors (Lipinski definition) is 3. The zero-order chi connectivity index (χ0) is 19.4. The number of aliphatic hydroxyl groups excluding tert-OH is 1. The maximum atomic E-state index is 12.3. The Balaban J connectivity index is 2.06. The van der Waals surface area contributed by atoms with Crippen molar-refractivity contribution in [3.8, 4) is 0 Å². The van der Waals surface area contributed by atoms with Crippen LogP contribution in [0.15, 0.2) is 23.0 Å². The van der Waals surface area contributed by atoms with Gasteiger partial charge in [0, 0.05) is 10.8 Å². The second kappa shape index (κ2) is 6.10. The van der Waals surface area contributed by atoms with Crippen molar-refractivity contribution in [2.45, 2.75) is 77.9 Å². The first-order chi connectivity index (χ1) is 12.0. The Morgan fingerprint density at radius 3 is 2.58 bits per heavy atom. The van der Waals surface area contributed by atoms with Crippen molar-refractivity contribution in [3.05, 3.63) is 24.2 Å². The number of carboxylic acid groups (broad SMARTS) is 1. The van der Waals surface area contributed by atoms with Crippen molar-refractivity contribution in [2.24, 2.45) is 22.2 Å². The smallest absolute Gasteiger partial charge is 0.310 e. The lowest BCUT2D eigenvalue weighted by atomic mass is 9.36. The van der Waals surface area contributed by atoms with Crippen molar-refractivity contribution in [2.75, 3.05) is 0 Å². The molecule has 2 saturated carbocycles. The number of carboxylic acids is 1. The predicted molar refractivity (Wildman–Crippen MR) is 97.6 cm³/mol. The van der Waals surface area contributed by atoms with Gasteiger partial charge in [0.2, 0.25) is 0 Å². The van der Waals surface area contributed by atoms with Crippen LogP contribution in [0.3, 0.4) is 0 Å². The average molecular weight is 364 g/mol. The fourth-order valence-electron chi connectivity index (χ4n) is 6.26. The lowest BCUT2D eigenvalue weighted by Crippen LogP contribution is -2.73. The first-order valence-electron chi connectivity index (χ1n) is 9.68. The van der Waals surface area contributed by atoms with E-state index in [1.165, 1.54) is 0 Å². The third kappa shape index (κ3) is 2.26. The molecule has 0 aromatic carbocycles. The summed E-state index contributed by atoms with van der Waals surface area (Å²) in [6.07, 6.45) is 6.16. The van der Waals surface area contributed by atoms with Crippen LogP contribution in [0, 0.1) is 22.2 Å². The van der Waals surface area contributed by atoms with Crippen molar-refractivity contribution in [1.29, 1.82) is 0 Å². The van der Waals surface area contributed by atoms with Crippen LogP contribution in [0.5, 0.6) is 0 Å². The number of aliphatic hydroxyl groups is 2. The molecule has 0 spiro atoms. The number of fused-ring (bicyclic) bond motifs is 1. The summed E-state index contributed by atoms with van der Waals surface area (Å²) in [5.41, 5.74) is -2.68. The summed E-state index contributed by atoms with van der Waals surface area (Å²) in [4.78, 5) is 12.3. The molecular weight excluding hydrogens is 332 g/mol. The van der Waals surface area contributed by atoms with Crippen LogP contribution in [-0.2, 0) is 11.2 Å². The van der Waals surface area contributed by atoms with Gasteiger partial charge < -0.3 is 19.7 Å². The van der Waals surface area contributed by atoms with E-state index < -0.39 is 33.9 Å². The van der Waals surface area contributed by atoms with Gasteiger partial charge in [0.15, 0.2) is 0 Å². The Morgan fingerprint density at radius 2 is 2.00 bits per heavy atom. The van der Waals surface area contributed by atoms with Crippen LogP contribution in [-0.4, -0.2) is 33.0 Å². The lowest BCUT2D eigenvalue weighted by molar-refractivity contribution is -0.292. The highest BCUT2D eigenvalue weighted by molar-refractivity contribution is 5.76. The van der Waals surface area contributed by atoms with Gasteiger partial charge in [0.1, 0.15) is 0 Å². The molecule has 0 amide bonds. The molecular formula is C21H32O5. The van der Waals surface area contributed by atoms with Gasteiger partial charge in [-0.2, -0.15) is 0 Å². The number of carbonyl (C=O) groups is 1. The quantitative estimate of drug-likeness (QED) is 0.759. The second-order valence-electron chi connectivity index (χ2n) is 9.23. The van der Waals surface area contributed by atoms with Crippen molar-refractivity contribution < 1.29 is 24.5 Å². The van der Waals surface area contributed by atoms with Gasteiger partial charge in [-0.25, -0.2) is 0 Å². The first-order valence-corrected chi connectivity index (χ1v) is 9.68. The molecule has 0 unspecified atom stereocenters. The van der Waals surface area contributed by atoms with E-state index in [0.717, 1.165) is 18.4 Å². The number of furan rings is 1. The zero-order valence-corrected chi connectivity index (χ0v) is 16.3. The Kier molecular flexibility index (Phi) is 4.56. The molecule has 5 nitrogen and oxygen atoms in total. The normalized spacial score (nSPS) is 45.9. The Hall–Kier alpha value is -1.33. The van der Waals surface area contributed by atoms with E-state index in [-0.39, 0.29) is 5.92 Å². The molecule has 0 radical (unpaired) electrons. The summed E-state index contributed by atoms with van der Waals surface area (Å²) in [5.74, 6) is -0.990. The van der Waals surface area contributed by atoms with Crippen molar-refractivity contribution in [1.82, 2.24) is 0 Å². The number of aryl methyl sites for hydroxylation is 1. The largest absolute Gasteiger partial charge is 0.481 e. The number of hydrogen-bond acceptors (Lipinski definition) is 4. The highest BCUT2D eigenvalue weighted by Crippen LogP contribution is 2.70. The van der Waals surface area contributed by atoms with E-state index >= 15 is 0 Å². The molecule has 1 aromatic heterocycles. The number of aliphatic carboxylic acids is 1. The van der Waals surface area contributed by atoms with Gasteiger partial charge in [0.05, 0.1) is 29.6 Å². The summed E-state index contributed by atoms with van der Waals surface area (Å²) in [7, 11) is 0. The molecule has 2 fully saturated rings. The predicted octanol–water partition coefficient (Wildman–Crippen LogP) is 3.63. The van der Waals surface area contributed by atoms with Crippen LogP contribution < -0.4 is 0 Å². The fraction of sp³-hybridized carbons (Fsp3) is 0.762. The minimum absolute atomic E-state index is 0.112. The number of rotatable bonds is 4. The van der Waals surface area contributed by atoms with E-state index in [2.05, 4.69) is 0 Å². The van der Waals surface area contributed by atoms with Crippen molar-refractivity contribution in [3.63, 3.8) is 0 Å². The van der Waals surface area contributed by atoms with E-state index in [1.54, 1.807) is 19.5 Å². The monoisotopic (exact) mass is 364 g/mol. The Labute approximate surface area is 155 Å². The molecule has 2 aliphatic carbocycles. The summed E-state index contributed by atoms with van der Waals surface area (Å²) in [6.45, 7) is 7.62. The van der Waals surface area contributed by atoms with Crippen LogP contribution in [0.4, 0.5) is 0 Å². The Morgan fingerprint density at radius 1 is 1.31 bits per heavy atom. The summed E-state index contributed by atoms with van der Waals surface area (Å²) < 4.78 is 5.15. The second-order valence-corrected chi connectivity index (χ2v) is 9.23. The fourth-order valence-corrected chi connectivity index (χ4v) is 6.26. The highest BCUT2D eigenvalue weighted by atomic mass is 16.4. The van der Waals surface area contributed by atoms with Gasteiger partial charge in [0.25, 0.3) is 0 Å². The third-order valence-corrected chi connectivity index (χ3v) is 8.51. The average Bonchev–Trinajstić information content (AvgIpc) is 3.09. The van der Waals surface area contributed by atoms with Crippen LogP contribution in [0.1, 0.15) is 65.4 Å². The SMILES string of the molecule is C[C@@H]1C[C@@H](O)[C@]2(C)[C@](C)(CCC[C@]2(C)C(=O)O)[C@@]1(O)CCc1ccoc1. The molecule has 146 valence electrons. The highest BCUT2D eigenvalue weighted by Gasteiger charge is 2.73. The van der Waals surface area contributed by atoms with E-state index in [0.29, 0.717) is 25.7 Å². The van der Waals surface area contributed by atoms with Gasteiger partial charge in [-0.3, -0.25) is 4.79 Å². The van der Waals surface area contributed by atoms with Crippen LogP contribution >= 0.6 is 0 Å². The standard InChI is InChI=1S/C21H32O5/c1-14-12-16(22)20(4)18(2,17(23)24)8-5-9-19(20,3)21(14,25)10-6-15-7-11-26-13-15/h7,11,13-14,16,22,25H,5-6,8-10,12H2,1-4H3,(H,23,24)/t14-,16-,18-,19+,20+,21-/m1/s1. The molecule has 5 heteroatoms. The molecule has 2 aliphatic rings. The molecule has 26 heavy (non-hydrogen) atoms. The summed E-state index contributed by atoms with van der Waals surface area (Å²) >= 11 is 0. The van der Waals surface area contributed by atoms with Gasteiger partial charge >= 0.3 is 5.97 Å². The molecule has 1 aromatic rings. The molecule has 3 rings (SSSR count). The minimum atomic E-state index is -1.07. The first kappa shape index (κ1) is 19.4. The molecule has 0 saturated heterocycles. The maximum absolute atomic E-state index is 12.3. The summed E-state index contributed by atoms with van der Waals surface area (Å²) in [5, 5.41) is 33.1. The molecule has 1 heterocycles. The molecule has 6 atom stereocenters. The van der Waals surface area contributed by atoms with E-state index in [9.17, 15) is 20.1 Å². The topological polar surface area (TPSA) is 90.9 Å². The third-order valence-electron chi connectivity index (χ3n) is 8.51. The van der Waals surface area contributed by atoms with E-state index in [4.69, 9.17) is 4.42 Å². The van der Waals surface area contributed by atoms with Gasteiger partial charge in [-0.1, -0.05) is 27.2 Å². The minimum Gasteiger partial charge on any atom is -0.481 e. The van der Waals surface area contributed by atoms with Crippen molar-refractivity contribution >= 4 is 5.97 Å².